The lowest BCUT2D eigenvalue weighted by molar-refractivity contribution is -0.114. The van der Waals surface area contributed by atoms with Gasteiger partial charge in [-0.25, -0.2) is 0 Å². The van der Waals surface area contributed by atoms with Crippen LogP contribution in [0, 0.1) is 11.3 Å². The van der Waals surface area contributed by atoms with Crippen LogP contribution in [0.1, 0.15) is 42.1 Å². The van der Waals surface area contributed by atoms with E-state index in [1.54, 1.807) is 0 Å². The van der Waals surface area contributed by atoms with Crippen molar-refractivity contribution in [3.8, 4) is 6.07 Å². The minimum absolute atomic E-state index is 0.0844. The number of carbonyl (C=O) groups excluding carboxylic acids is 1. The summed E-state index contributed by atoms with van der Waals surface area (Å²) in [5.41, 5.74) is 4.83. The van der Waals surface area contributed by atoms with Crippen molar-refractivity contribution in [3.05, 3.63) is 101 Å². The zero-order valence-corrected chi connectivity index (χ0v) is 16.8. The van der Waals surface area contributed by atoms with Gasteiger partial charge in [0.05, 0.1) is 11.6 Å². The van der Waals surface area contributed by atoms with E-state index in [9.17, 15) is 10.1 Å². The molecule has 1 amide bonds. The van der Waals surface area contributed by atoms with Crippen molar-refractivity contribution in [2.45, 2.75) is 33.0 Å². The Labute approximate surface area is 172 Å². The SMILES string of the molecule is CC(=O)Nc1cccc(C(C)N(Cc2ccccc2)Cc2ccccc2C#N)c1. The van der Waals surface area contributed by atoms with Crippen molar-refractivity contribution in [2.75, 3.05) is 5.32 Å². The van der Waals surface area contributed by atoms with Gasteiger partial charge < -0.3 is 5.32 Å². The topological polar surface area (TPSA) is 56.1 Å². The van der Waals surface area contributed by atoms with Crippen molar-refractivity contribution in [1.82, 2.24) is 4.90 Å². The summed E-state index contributed by atoms with van der Waals surface area (Å²) in [4.78, 5) is 13.8. The molecule has 1 N–H and O–H groups in total. The van der Waals surface area contributed by atoms with Crippen LogP contribution in [0.15, 0.2) is 78.9 Å². The predicted octanol–water partition coefficient (Wildman–Crippen LogP) is 5.28. The highest BCUT2D eigenvalue weighted by atomic mass is 16.1. The van der Waals surface area contributed by atoms with Crippen LogP contribution in [0.3, 0.4) is 0 Å². The molecule has 146 valence electrons. The molecule has 0 aromatic heterocycles. The van der Waals surface area contributed by atoms with Crippen LogP contribution in [0.2, 0.25) is 0 Å². The Morgan fingerprint density at radius 1 is 1.00 bits per heavy atom. The molecule has 0 aliphatic carbocycles. The van der Waals surface area contributed by atoms with Gasteiger partial charge in [-0.1, -0.05) is 60.7 Å². The monoisotopic (exact) mass is 383 g/mol. The zero-order valence-electron chi connectivity index (χ0n) is 16.8. The molecule has 0 heterocycles. The Hall–Kier alpha value is -3.42. The summed E-state index contributed by atoms with van der Waals surface area (Å²) in [6, 6.07) is 28.4. The molecule has 0 spiro atoms. The summed E-state index contributed by atoms with van der Waals surface area (Å²) in [7, 11) is 0. The molecule has 1 atom stereocenters. The highest BCUT2D eigenvalue weighted by molar-refractivity contribution is 5.88. The predicted molar refractivity (Wildman–Crippen MR) is 116 cm³/mol. The molecule has 4 nitrogen and oxygen atoms in total. The van der Waals surface area contributed by atoms with E-state index in [4.69, 9.17) is 0 Å². The number of rotatable bonds is 7. The Kier molecular flexibility index (Phi) is 6.78. The number of amides is 1. The number of hydrogen-bond acceptors (Lipinski definition) is 3. The second-order valence-corrected chi connectivity index (χ2v) is 7.14. The first-order valence-corrected chi connectivity index (χ1v) is 9.70. The lowest BCUT2D eigenvalue weighted by Gasteiger charge is -2.30. The first-order chi connectivity index (χ1) is 14.1. The van der Waals surface area contributed by atoms with Gasteiger partial charge in [0.25, 0.3) is 0 Å². The van der Waals surface area contributed by atoms with E-state index in [0.717, 1.165) is 23.4 Å². The smallest absolute Gasteiger partial charge is 0.221 e. The molecule has 0 saturated carbocycles. The molecule has 4 heteroatoms. The minimum atomic E-state index is -0.0844. The van der Waals surface area contributed by atoms with Gasteiger partial charge in [0.2, 0.25) is 5.91 Å². The third kappa shape index (κ3) is 5.54. The maximum atomic E-state index is 11.4. The summed E-state index contributed by atoms with van der Waals surface area (Å²) in [5.74, 6) is -0.0844. The summed E-state index contributed by atoms with van der Waals surface area (Å²) >= 11 is 0. The molecule has 1 unspecified atom stereocenters. The van der Waals surface area contributed by atoms with E-state index < -0.39 is 0 Å². The summed E-state index contributed by atoms with van der Waals surface area (Å²) in [6.07, 6.45) is 0. The summed E-state index contributed by atoms with van der Waals surface area (Å²) in [6.45, 7) is 5.08. The normalized spacial score (nSPS) is 11.7. The van der Waals surface area contributed by atoms with Gasteiger partial charge in [-0.3, -0.25) is 9.69 Å². The number of nitriles is 1. The van der Waals surface area contributed by atoms with E-state index in [-0.39, 0.29) is 11.9 Å². The highest BCUT2D eigenvalue weighted by Crippen LogP contribution is 2.27. The van der Waals surface area contributed by atoms with Crippen LogP contribution in [0.4, 0.5) is 5.69 Å². The van der Waals surface area contributed by atoms with Crippen LogP contribution in [0.25, 0.3) is 0 Å². The van der Waals surface area contributed by atoms with Gasteiger partial charge in [0, 0.05) is 31.7 Å². The van der Waals surface area contributed by atoms with E-state index in [0.29, 0.717) is 12.1 Å². The molecule has 3 aromatic rings. The maximum Gasteiger partial charge on any atom is 0.221 e. The third-order valence-electron chi connectivity index (χ3n) is 4.98. The molecule has 3 rings (SSSR count). The fourth-order valence-corrected chi connectivity index (χ4v) is 3.42. The Morgan fingerprint density at radius 3 is 2.45 bits per heavy atom. The van der Waals surface area contributed by atoms with Crippen LogP contribution < -0.4 is 5.32 Å². The Morgan fingerprint density at radius 2 is 1.72 bits per heavy atom. The average molecular weight is 383 g/mol. The second kappa shape index (κ2) is 9.68. The maximum absolute atomic E-state index is 11.4. The number of nitrogens with zero attached hydrogens (tertiary/aromatic N) is 2. The van der Waals surface area contributed by atoms with Crippen molar-refractivity contribution >= 4 is 11.6 Å². The molecule has 29 heavy (non-hydrogen) atoms. The third-order valence-corrected chi connectivity index (χ3v) is 4.98. The van der Waals surface area contributed by atoms with E-state index in [1.165, 1.54) is 12.5 Å². The molecule has 0 saturated heterocycles. The second-order valence-electron chi connectivity index (χ2n) is 7.14. The molecule has 0 bridgehead atoms. The Balaban J connectivity index is 1.91. The molecule has 3 aromatic carbocycles. The first-order valence-electron chi connectivity index (χ1n) is 9.70. The fraction of sp³-hybridized carbons (Fsp3) is 0.200. The van der Waals surface area contributed by atoms with Gasteiger partial charge in [0.15, 0.2) is 0 Å². The standard InChI is InChI=1S/C25H25N3O/c1-19(22-13-8-14-25(15-22)27-20(2)29)28(17-21-9-4-3-5-10-21)18-24-12-7-6-11-23(24)16-26/h3-15,19H,17-18H2,1-2H3,(H,27,29). The van der Waals surface area contributed by atoms with Crippen LogP contribution >= 0.6 is 0 Å². The number of nitrogens with one attached hydrogen (secondary N) is 1. The largest absolute Gasteiger partial charge is 0.326 e. The fourth-order valence-electron chi connectivity index (χ4n) is 3.42. The first kappa shape index (κ1) is 20.3. The van der Waals surface area contributed by atoms with E-state index in [1.807, 2.05) is 60.7 Å². The molecular weight excluding hydrogens is 358 g/mol. The van der Waals surface area contributed by atoms with Crippen molar-refractivity contribution in [3.63, 3.8) is 0 Å². The van der Waals surface area contributed by atoms with Crippen LogP contribution in [-0.4, -0.2) is 10.8 Å². The summed E-state index contributed by atoms with van der Waals surface area (Å²) < 4.78 is 0. The van der Waals surface area contributed by atoms with Crippen molar-refractivity contribution in [2.24, 2.45) is 0 Å². The molecule has 0 aliphatic heterocycles. The average Bonchev–Trinajstić information content (AvgIpc) is 2.73. The quantitative estimate of drug-likeness (QED) is 0.604. The zero-order chi connectivity index (χ0) is 20.6. The number of anilines is 1. The lowest BCUT2D eigenvalue weighted by Crippen LogP contribution is -2.26. The van der Waals surface area contributed by atoms with Crippen LogP contribution in [-0.2, 0) is 17.9 Å². The molecular formula is C25H25N3O. The van der Waals surface area contributed by atoms with Gasteiger partial charge >= 0.3 is 0 Å². The molecule has 0 aliphatic rings. The van der Waals surface area contributed by atoms with Gasteiger partial charge in [-0.2, -0.15) is 5.26 Å². The van der Waals surface area contributed by atoms with Crippen LogP contribution in [0.5, 0.6) is 0 Å². The highest BCUT2D eigenvalue weighted by Gasteiger charge is 2.18. The van der Waals surface area contributed by atoms with Crippen molar-refractivity contribution < 1.29 is 4.79 Å². The van der Waals surface area contributed by atoms with Gasteiger partial charge in [-0.15, -0.1) is 0 Å². The van der Waals surface area contributed by atoms with E-state index >= 15 is 0 Å². The number of carbonyl (C=O) groups is 1. The van der Waals surface area contributed by atoms with Gasteiger partial charge in [-0.05, 0) is 41.8 Å². The molecule has 0 radical (unpaired) electrons. The Bertz CT molecular complexity index is 1010. The van der Waals surface area contributed by atoms with Gasteiger partial charge in [0.1, 0.15) is 0 Å². The molecule has 0 fully saturated rings. The number of hydrogen-bond donors (Lipinski definition) is 1. The lowest BCUT2D eigenvalue weighted by atomic mass is 10.0. The van der Waals surface area contributed by atoms with Crippen molar-refractivity contribution in [1.29, 1.82) is 5.26 Å². The summed E-state index contributed by atoms with van der Waals surface area (Å²) in [5, 5.41) is 12.3. The number of benzene rings is 3. The van der Waals surface area contributed by atoms with E-state index in [2.05, 4.69) is 41.4 Å². The minimum Gasteiger partial charge on any atom is -0.326 e.